The lowest BCUT2D eigenvalue weighted by molar-refractivity contribution is -0.118. The molecule has 4 heterocycles. The molecule has 2 atom stereocenters. The summed E-state index contributed by atoms with van der Waals surface area (Å²) in [6.45, 7) is 1.97. The summed E-state index contributed by atoms with van der Waals surface area (Å²) in [5.74, 6) is -0.500. The van der Waals surface area contributed by atoms with Gasteiger partial charge in [0, 0.05) is 66.9 Å². The molecule has 2 fully saturated rings. The summed E-state index contributed by atoms with van der Waals surface area (Å²) in [4.78, 5) is 43.3. The normalized spacial score (nSPS) is 16.2. The number of carbonyl (C=O) groups is 2. The summed E-state index contributed by atoms with van der Waals surface area (Å²) >= 11 is 50.8. The fraction of sp³-hybridized carbons (Fsp3) is 0.227. The number of benzene rings is 3. The Labute approximate surface area is 411 Å². The molecular formula is C44H40Cl6N10O2S2. The molecule has 5 aromatic rings. The molecule has 2 unspecified atom stereocenters. The summed E-state index contributed by atoms with van der Waals surface area (Å²) in [5.41, 5.74) is 17.4. The minimum absolute atomic E-state index is 0.300. The second kappa shape index (κ2) is 20.3. The number of hydrogen-bond donors (Lipinski definition) is 4. The van der Waals surface area contributed by atoms with Crippen molar-refractivity contribution < 1.29 is 9.59 Å². The predicted octanol–water partition coefficient (Wildman–Crippen LogP) is 9.11. The third-order valence-electron chi connectivity index (χ3n) is 10.3. The van der Waals surface area contributed by atoms with Crippen LogP contribution in [0, 0.1) is 0 Å². The quantitative estimate of drug-likeness (QED) is 0.0433. The first-order valence-electron chi connectivity index (χ1n) is 19.8. The highest BCUT2D eigenvalue weighted by molar-refractivity contribution is 7.80. The Bertz CT molecular complexity index is 2620. The van der Waals surface area contributed by atoms with Gasteiger partial charge in [-0.3, -0.25) is 14.6 Å². The summed E-state index contributed by atoms with van der Waals surface area (Å²) < 4.78 is -3.90. The van der Waals surface area contributed by atoms with Crippen LogP contribution in [-0.2, 0) is 9.59 Å². The van der Waals surface area contributed by atoms with Gasteiger partial charge in [-0.2, -0.15) is 0 Å². The fourth-order valence-corrected chi connectivity index (χ4v) is 9.16. The molecule has 7 rings (SSSR count). The number of nitrogens with zero attached hydrogens (tertiary/aromatic N) is 6. The van der Waals surface area contributed by atoms with Gasteiger partial charge in [-0.25, -0.2) is 4.98 Å². The van der Waals surface area contributed by atoms with Gasteiger partial charge in [0.25, 0.3) is 0 Å². The Kier molecular flexibility index (Phi) is 15.0. The molecule has 12 nitrogen and oxygen atoms in total. The highest BCUT2D eigenvalue weighted by Crippen LogP contribution is 2.37. The largest absolute Gasteiger partial charge is 0.399 e. The molecule has 332 valence electrons. The number of pyridine rings is 2. The van der Waals surface area contributed by atoms with E-state index in [4.69, 9.17) is 110 Å². The third-order valence-corrected chi connectivity index (χ3v) is 12.4. The standard InChI is InChI=1S/C44H40Cl6N10O2S2/c45-43(46,47)39(59-22-4-20-57(41(59)63)34-9-1-6-29-7-3-19-53-38(29)34)56-37(62)18-14-28-24-30(26-32(52)25-28)33-8-2-10-35(54-33)58-21-5-23-60(42(58)64)40(44(48,49)50)55-36(61)17-13-27-11-15-31(51)16-12-27/h1-3,6-19,24-26,39-40H,4-5,20-23,51-52H2,(H,55,61)(H,56,62)/b17-13+,18-14+. The molecule has 3 aromatic carbocycles. The van der Waals surface area contributed by atoms with Crippen LogP contribution in [0.1, 0.15) is 24.0 Å². The van der Waals surface area contributed by atoms with Gasteiger partial charge in [-0.1, -0.05) is 106 Å². The lowest BCUT2D eigenvalue weighted by Gasteiger charge is -2.44. The highest BCUT2D eigenvalue weighted by atomic mass is 35.6. The molecule has 2 aromatic heterocycles. The Morgan fingerprint density at radius 1 is 0.672 bits per heavy atom. The number of aromatic nitrogens is 2. The van der Waals surface area contributed by atoms with E-state index >= 15 is 0 Å². The van der Waals surface area contributed by atoms with Crippen LogP contribution in [0.3, 0.4) is 0 Å². The van der Waals surface area contributed by atoms with Crippen molar-refractivity contribution in [3.63, 3.8) is 0 Å². The first-order chi connectivity index (χ1) is 30.5. The number of alkyl halides is 6. The van der Waals surface area contributed by atoms with Gasteiger partial charge in [0.15, 0.2) is 22.6 Å². The molecule has 0 spiro atoms. The van der Waals surface area contributed by atoms with Gasteiger partial charge < -0.3 is 41.7 Å². The molecule has 2 saturated heterocycles. The van der Waals surface area contributed by atoms with Gasteiger partial charge in [-0.05, 0) is 115 Å². The number of anilines is 4. The van der Waals surface area contributed by atoms with Crippen molar-refractivity contribution in [1.29, 1.82) is 0 Å². The minimum atomic E-state index is -1.95. The first-order valence-corrected chi connectivity index (χ1v) is 22.9. The number of nitrogen functional groups attached to an aromatic ring is 2. The van der Waals surface area contributed by atoms with Crippen molar-refractivity contribution in [2.24, 2.45) is 0 Å². The Morgan fingerprint density at radius 2 is 1.25 bits per heavy atom. The number of rotatable bonds is 11. The number of nitrogens with two attached hydrogens (primary N) is 2. The molecule has 2 aliphatic heterocycles. The number of thiocarbonyl (C=S) groups is 2. The van der Waals surface area contributed by atoms with E-state index in [0.717, 1.165) is 22.2 Å². The summed E-state index contributed by atoms with van der Waals surface area (Å²) in [6, 6.07) is 27.5. The molecule has 0 bridgehead atoms. The van der Waals surface area contributed by atoms with Gasteiger partial charge in [0.05, 0.1) is 16.9 Å². The van der Waals surface area contributed by atoms with Crippen molar-refractivity contribution in [3.8, 4) is 11.3 Å². The number of hydrogen-bond acceptors (Lipinski definition) is 8. The van der Waals surface area contributed by atoms with Crippen LogP contribution in [0.4, 0.5) is 22.9 Å². The van der Waals surface area contributed by atoms with Crippen LogP contribution in [0.15, 0.2) is 109 Å². The van der Waals surface area contributed by atoms with Crippen LogP contribution >= 0.6 is 94.0 Å². The van der Waals surface area contributed by atoms with Crippen molar-refractivity contribution in [2.45, 2.75) is 32.8 Å². The molecule has 2 amide bonds. The first kappa shape index (κ1) is 47.3. The predicted molar refractivity (Wildman–Crippen MR) is 272 cm³/mol. The molecule has 6 N–H and O–H groups in total. The molecule has 64 heavy (non-hydrogen) atoms. The minimum Gasteiger partial charge on any atom is -0.399 e. The Balaban J connectivity index is 1.05. The van der Waals surface area contributed by atoms with E-state index in [1.165, 1.54) is 12.2 Å². The lowest BCUT2D eigenvalue weighted by Crippen LogP contribution is -2.62. The zero-order valence-corrected chi connectivity index (χ0v) is 39.9. The van der Waals surface area contributed by atoms with Crippen LogP contribution in [0.2, 0.25) is 0 Å². The van der Waals surface area contributed by atoms with E-state index in [2.05, 4.69) is 15.6 Å². The number of halogens is 6. The number of nitrogens with one attached hydrogen (secondary N) is 2. The molecule has 0 aliphatic carbocycles. The van der Waals surface area contributed by atoms with Crippen LogP contribution in [0.25, 0.3) is 34.3 Å². The second-order valence-corrected chi connectivity index (χ2v) is 20.3. The van der Waals surface area contributed by atoms with E-state index in [-0.39, 0.29) is 0 Å². The maximum Gasteiger partial charge on any atom is 0.245 e. The maximum absolute atomic E-state index is 13.5. The van der Waals surface area contributed by atoms with Gasteiger partial charge in [0.1, 0.15) is 5.82 Å². The van der Waals surface area contributed by atoms with Crippen molar-refractivity contribution >= 4 is 162 Å². The number of para-hydroxylation sites is 1. The van der Waals surface area contributed by atoms with Gasteiger partial charge in [-0.15, -0.1) is 0 Å². The highest BCUT2D eigenvalue weighted by Gasteiger charge is 2.43. The van der Waals surface area contributed by atoms with E-state index in [1.807, 2.05) is 64.4 Å². The third kappa shape index (κ3) is 11.4. The molecule has 2 aliphatic rings. The Hall–Kier alpha value is -4.64. The fourth-order valence-electron chi connectivity index (χ4n) is 7.36. The average molecular weight is 1020 g/mol. The van der Waals surface area contributed by atoms with Crippen LogP contribution in [0.5, 0.6) is 0 Å². The Morgan fingerprint density at radius 3 is 1.89 bits per heavy atom. The van der Waals surface area contributed by atoms with E-state index in [9.17, 15) is 9.59 Å². The van der Waals surface area contributed by atoms with E-state index in [0.29, 0.717) is 83.3 Å². The van der Waals surface area contributed by atoms with E-state index in [1.54, 1.807) is 64.5 Å². The van der Waals surface area contributed by atoms with Gasteiger partial charge in [0.2, 0.25) is 19.4 Å². The average Bonchev–Trinajstić information content (AvgIpc) is 3.26. The van der Waals surface area contributed by atoms with Crippen LogP contribution in [-0.4, -0.2) is 87.9 Å². The van der Waals surface area contributed by atoms with Crippen LogP contribution < -0.4 is 31.9 Å². The van der Waals surface area contributed by atoms with Gasteiger partial charge >= 0.3 is 0 Å². The smallest absolute Gasteiger partial charge is 0.245 e. The van der Waals surface area contributed by atoms with Crippen molar-refractivity contribution in [1.82, 2.24) is 30.4 Å². The monoisotopic (exact) mass is 1010 g/mol. The molecule has 20 heteroatoms. The number of amides is 2. The molecular weight excluding hydrogens is 977 g/mol. The topological polar surface area (TPSA) is 149 Å². The second-order valence-electron chi connectivity index (χ2n) is 14.8. The SMILES string of the molecule is Nc1ccc(/C=C/C(=O)NC(N2CCCN(c3cccc(-c4cc(N)cc(/C=C/C(=O)NC(N5CCCN(c6cccc7cccnc67)C5=S)C(Cl)(Cl)Cl)c4)n3)C2=S)C(Cl)(Cl)Cl)cc1. The summed E-state index contributed by atoms with van der Waals surface area (Å²) in [5, 5.41) is 7.28. The maximum atomic E-state index is 13.5. The lowest BCUT2D eigenvalue weighted by atomic mass is 10.1. The molecule has 0 radical (unpaired) electrons. The van der Waals surface area contributed by atoms with Crippen molar-refractivity contribution in [3.05, 3.63) is 120 Å². The zero-order valence-electron chi connectivity index (χ0n) is 33.7. The zero-order chi connectivity index (χ0) is 45.8. The molecule has 0 saturated carbocycles. The summed E-state index contributed by atoms with van der Waals surface area (Å²) in [6.07, 6.45) is 6.70. The number of carbonyl (C=O) groups excluding carboxylic acids is 2. The van der Waals surface area contributed by atoms with E-state index < -0.39 is 31.7 Å². The van der Waals surface area contributed by atoms with Crippen molar-refractivity contribution in [2.75, 3.05) is 47.4 Å². The summed E-state index contributed by atoms with van der Waals surface area (Å²) in [7, 11) is 0. The number of fused-ring (bicyclic) bond motifs is 1.